The molecular formula is C15H26IN3S. The van der Waals surface area contributed by atoms with Gasteiger partial charge in [-0.05, 0) is 32.9 Å². The molecule has 1 aromatic rings. The standard InChI is InChI=1S/C15H25N3S.HI/c1-5-16-15(18-12(2)3)17-11-13(4)19-14-9-7-6-8-10-14;/h6-10,12-13H,5,11H2,1-4H3,(H2,16,17,18);1H. The molecule has 1 aromatic carbocycles. The second-order valence-electron chi connectivity index (χ2n) is 4.76. The number of halogens is 1. The minimum atomic E-state index is 0. The number of nitrogens with one attached hydrogen (secondary N) is 2. The number of benzene rings is 1. The summed E-state index contributed by atoms with van der Waals surface area (Å²) in [7, 11) is 0. The number of rotatable bonds is 6. The summed E-state index contributed by atoms with van der Waals surface area (Å²) in [6.07, 6.45) is 0. The Hall–Kier alpha value is -0.430. The molecule has 0 radical (unpaired) electrons. The van der Waals surface area contributed by atoms with Gasteiger partial charge in [-0.1, -0.05) is 25.1 Å². The van der Waals surface area contributed by atoms with Crippen LogP contribution in [0, 0.1) is 0 Å². The molecule has 0 heterocycles. The molecule has 0 bridgehead atoms. The first-order valence-electron chi connectivity index (χ1n) is 6.88. The van der Waals surface area contributed by atoms with Crippen molar-refractivity contribution in [1.82, 2.24) is 10.6 Å². The second kappa shape index (κ2) is 11.3. The van der Waals surface area contributed by atoms with E-state index in [1.54, 1.807) is 0 Å². The smallest absolute Gasteiger partial charge is 0.191 e. The quantitative estimate of drug-likeness (QED) is 0.327. The van der Waals surface area contributed by atoms with Gasteiger partial charge in [-0.3, -0.25) is 4.99 Å². The van der Waals surface area contributed by atoms with E-state index in [-0.39, 0.29) is 24.0 Å². The summed E-state index contributed by atoms with van der Waals surface area (Å²) in [5.41, 5.74) is 0. The largest absolute Gasteiger partial charge is 0.357 e. The lowest BCUT2D eigenvalue weighted by Gasteiger charge is -2.15. The average Bonchev–Trinajstić information content (AvgIpc) is 2.37. The van der Waals surface area contributed by atoms with Gasteiger partial charge < -0.3 is 10.6 Å². The number of hydrogen-bond donors (Lipinski definition) is 2. The number of hydrogen-bond acceptors (Lipinski definition) is 2. The zero-order valence-corrected chi connectivity index (χ0v) is 15.9. The fraction of sp³-hybridized carbons (Fsp3) is 0.533. The van der Waals surface area contributed by atoms with Crippen molar-refractivity contribution in [3.05, 3.63) is 30.3 Å². The zero-order valence-electron chi connectivity index (χ0n) is 12.7. The van der Waals surface area contributed by atoms with E-state index in [1.807, 2.05) is 17.8 Å². The molecule has 0 spiro atoms. The van der Waals surface area contributed by atoms with E-state index in [1.165, 1.54) is 4.90 Å². The molecule has 1 rings (SSSR count). The van der Waals surface area contributed by atoms with E-state index < -0.39 is 0 Å². The number of aliphatic imine (C=N–C) groups is 1. The highest BCUT2D eigenvalue weighted by molar-refractivity contribution is 14.0. The topological polar surface area (TPSA) is 36.4 Å². The molecule has 0 saturated heterocycles. The molecule has 0 aliphatic rings. The van der Waals surface area contributed by atoms with Crippen molar-refractivity contribution in [3.63, 3.8) is 0 Å². The number of guanidine groups is 1. The molecule has 0 aliphatic heterocycles. The first-order valence-corrected chi connectivity index (χ1v) is 7.76. The Balaban J connectivity index is 0.00000361. The van der Waals surface area contributed by atoms with Crippen molar-refractivity contribution >= 4 is 41.7 Å². The molecule has 0 saturated carbocycles. The Bertz CT molecular complexity index is 382. The van der Waals surface area contributed by atoms with Gasteiger partial charge in [0.05, 0.1) is 6.54 Å². The van der Waals surface area contributed by atoms with Crippen LogP contribution in [0.4, 0.5) is 0 Å². The van der Waals surface area contributed by atoms with E-state index in [4.69, 9.17) is 0 Å². The van der Waals surface area contributed by atoms with Crippen LogP contribution in [0.25, 0.3) is 0 Å². The van der Waals surface area contributed by atoms with Crippen LogP contribution >= 0.6 is 35.7 Å². The summed E-state index contributed by atoms with van der Waals surface area (Å²) in [5.74, 6) is 0.901. The first-order chi connectivity index (χ1) is 9.11. The summed E-state index contributed by atoms with van der Waals surface area (Å²) in [5, 5.41) is 7.06. The van der Waals surface area contributed by atoms with Crippen molar-refractivity contribution < 1.29 is 0 Å². The van der Waals surface area contributed by atoms with Gasteiger partial charge in [0.15, 0.2) is 5.96 Å². The van der Waals surface area contributed by atoms with Crippen LogP contribution in [0.3, 0.4) is 0 Å². The van der Waals surface area contributed by atoms with E-state index in [0.717, 1.165) is 19.0 Å². The van der Waals surface area contributed by atoms with Crippen molar-refractivity contribution in [2.75, 3.05) is 13.1 Å². The molecule has 0 amide bonds. The molecule has 1 unspecified atom stereocenters. The average molecular weight is 407 g/mol. The third-order valence-corrected chi connectivity index (χ3v) is 3.45. The molecule has 0 aliphatic carbocycles. The highest BCUT2D eigenvalue weighted by atomic mass is 127. The van der Waals surface area contributed by atoms with Gasteiger partial charge in [0, 0.05) is 22.7 Å². The summed E-state index contributed by atoms with van der Waals surface area (Å²) >= 11 is 1.86. The molecule has 0 fully saturated rings. The van der Waals surface area contributed by atoms with Gasteiger partial charge in [0.25, 0.3) is 0 Å². The molecule has 3 nitrogen and oxygen atoms in total. The summed E-state index contributed by atoms with van der Waals surface area (Å²) in [6, 6.07) is 10.9. The van der Waals surface area contributed by atoms with Gasteiger partial charge in [-0.15, -0.1) is 35.7 Å². The fourth-order valence-electron chi connectivity index (χ4n) is 1.58. The molecule has 2 N–H and O–H groups in total. The lowest BCUT2D eigenvalue weighted by molar-refractivity contribution is 0.700. The van der Waals surface area contributed by atoms with Crippen molar-refractivity contribution in [2.45, 2.75) is 43.9 Å². The number of nitrogens with zero attached hydrogens (tertiary/aromatic N) is 1. The fourth-order valence-corrected chi connectivity index (χ4v) is 2.51. The van der Waals surface area contributed by atoms with Gasteiger partial charge in [-0.2, -0.15) is 0 Å². The Labute approximate surface area is 144 Å². The van der Waals surface area contributed by atoms with Gasteiger partial charge >= 0.3 is 0 Å². The maximum atomic E-state index is 4.62. The SMILES string of the molecule is CCNC(=NCC(C)Sc1ccccc1)NC(C)C.I. The van der Waals surface area contributed by atoms with E-state index >= 15 is 0 Å². The third-order valence-electron chi connectivity index (χ3n) is 2.36. The number of thioether (sulfide) groups is 1. The van der Waals surface area contributed by atoms with Crippen LogP contribution in [0.15, 0.2) is 40.2 Å². The van der Waals surface area contributed by atoms with Crippen LogP contribution in [-0.4, -0.2) is 30.3 Å². The van der Waals surface area contributed by atoms with Crippen LogP contribution in [-0.2, 0) is 0 Å². The predicted octanol–water partition coefficient (Wildman–Crippen LogP) is 3.75. The normalized spacial score (nSPS) is 12.8. The Morgan fingerprint density at radius 1 is 1.20 bits per heavy atom. The lowest BCUT2D eigenvalue weighted by Crippen LogP contribution is -2.41. The summed E-state index contributed by atoms with van der Waals surface area (Å²) in [6.45, 7) is 10.2. The zero-order chi connectivity index (χ0) is 14.1. The Morgan fingerprint density at radius 2 is 1.85 bits per heavy atom. The van der Waals surface area contributed by atoms with Crippen LogP contribution in [0.2, 0.25) is 0 Å². The summed E-state index contributed by atoms with van der Waals surface area (Å²) < 4.78 is 0. The van der Waals surface area contributed by atoms with Crippen molar-refractivity contribution in [2.24, 2.45) is 4.99 Å². The van der Waals surface area contributed by atoms with Crippen molar-refractivity contribution in [1.29, 1.82) is 0 Å². The third kappa shape index (κ3) is 8.68. The second-order valence-corrected chi connectivity index (χ2v) is 6.27. The highest BCUT2D eigenvalue weighted by Gasteiger charge is 2.05. The maximum Gasteiger partial charge on any atom is 0.191 e. The predicted molar refractivity (Wildman–Crippen MR) is 101 cm³/mol. The monoisotopic (exact) mass is 407 g/mol. The highest BCUT2D eigenvalue weighted by Crippen LogP contribution is 2.22. The van der Waals surface area contributed by atoms with Gasteiger partial charge in [0.1, 0.15) is 0 Å². The lowest BCUT2D eigenvalue weighted by atomic mass is 10.4. The van der Waals surface area contributed by atoms with E-state index in [9.17, 15) is 0 Å². The summed E-state index contributed by atoms with van der Waals surface area (Å²) in [4.78, 5) is 5.92. The first kappa shape index (κ1) is 19.6. The molecule has 0 aromatic heterocycles. The maximum absolute atomic E-state index is 4.62. The van der Waals surface area contributed by atoms with E-state index in [0.29, 0.717) is 11.3 Å². The molecule has 5 heteroatoms. The van der Waals surface area contributed by atoms with E-state index in [2.05, 4.69) is 67.6 Å². The molecule has 114 valence electrons. The minimum absolute atomic E-state index is 0. The molecule has 1 atom stereocenters. The van der Waals surface area contributed by atoms with Crippen LogP contribution in [0.1, 0.15) is 27.7 Å². The Kier molecular flexibility index (Phi) is 11.0. The van der Waals surface area contributed by atoms with Crippen LogP contribution in [0.5, 0.6) is 0 Å². The molecular weight excluding hydrogens is 381 g/mol. The van der Waals surface area contributed by atoms with Gasteiger partial charge in [-0.25, -0.2) is 0 Å². The van der Waals surface area contributed by atoms with Crippen LogP contribution < -0.4 is 10.6 Å². The molecule has 20 heavy (non-hydrogen) atoms. The minimum Gasteiger partial charge on any atom is -0.357 e. The Morgan fingerprint density at radius 3 is 2.40 bits per heavy atom. The van der Waals surface area contributed by atoms with Crippen molar-refractivity contribution in [3.8, 4) is 0 Å². The van der Waals surface area contributed by atoms with Gasteiger partial charge in [0.2, 0.25) is 0 Å².